The van der Waals surface area contributed by atoms with E-state index in [-0.39, 0.29) is 0 Å². The van der Waals surface area contributed by atoms with Gasteiger partial charge < -0.3 is 4.79 Å². The lowest BCUT2D eigenvalue weighted by Crippen LogP contribution is -2.13. The van der Waals surface area contributed by atoms with E-state index >= 15 is 0 Å². The van der Waals surface area contributed by atoms with Crippen LogP contribution in [0.3, 0.4) is 0 Å². The fourth-order valence-corrected chi connectivity index (χ4v) is 3.29. The summed E-state index contributed by atoms with van der Waals surface area (Å²) in [5.74, 6) is 4.76. The van der Waals surface area contributed by atoms with Gasteiger partial charge in [0.25, 0.3) is 0 Å². The van der Waals surface area contributed by atoms with Crippen LogP contribution in [0.4, 0.5) is 0 Å². The molecule has 3 atom stereocenters. The molecule has 0 aromatic heterocycles. The molecule has 0 spiro atoms. The van der Waals surface area contributed by atoms with Gasteiger partial charge in [0.05, 0.1) is 0 Å². The zero-order valence-corrected chi connectivity index (χ0v) is 7.48. The highest BCUT2D eigenvalue weighted by Gasteiger charge is 2.42. The second kappa shape index (κ2) is 3.18. The third-order valence-corrected chi connectivity index (χ3v) is 4.11. The first-order valence-corrected chi connectivity index (χ1v) is 5.60. The molecule has 0 N–H and O–H groups in total. The van der Waals surface area contributed by atoms with Gasteiger partial charge in [0.1, 0.15) is 6.29 Å². The number of thioether (sulfide) groups is 1. The highest BCUT2D eigenvalue weighted by molar-refractivity contribution is 7.99. The molecule has 11 heavy (non-hydrogen) atoms. The van der Waals surface area contributed by atoms with Crippen molar-refractivity contribution in [1.82, 2.24) is 0 Å². The summed E-state index contributed by atoms with van der Waals surface area (Å²) >= 11 is 2.07. The van der Waals surface area contributed by atoms with Crippen LogP contribution in [-0.4, -0.2) is 17.8 Å². The summed E-state index contributed by atoms with van der Waals surface area (Å²) in [4.78, 5) is 10.4. The Bertz CT molecular complexity index is 152. The molecular weight excluding hydrogens is 156 g/mol. The number of hydrogen-bond donors (Lipinski definition) is 0. The molecule has 1 saturated heterocycles. The second-order valence-electron chi connectivity index (χ2n) is 3.68. The van der Waals surface area contributed by atoms with Crippen molar-refractivity contribution in [2.75, 3.05) is 11.5 Å². The molecule has 2 aliphatic rings. The Morgan fingerprint density at radius 2 is 2.36 bits per heavy atom. The monoisotopic (exact) mass is 170 g/mol. The predicted molar refractivity (Wildman–Crippen MR) is 47.7 cm³/mol. The summed E-state index contributed by atoms with van der Waals surface area (Å²) in [6.07, 6.45) is 5.10. The van der Waals surface area contributed by atoms with E-state index in [0.29, 0.717) is 5.92 Å². The Kier molecular flexibility index (Phi) is 2.21. The van der Waals surface area contributed by atoms with Crippen molar-refractivity contribution in [2.45, 2.75) is 19.3 Å². The van der Waals surface area contributed by atoms with Crippen molar-refractivity contribution in [3.05, 3.63) is 0 Å². The molecular formula is C9H14OS. The zero-order valence-electron chi connectivity index (χ0n) is 6.66. The fourth-order valence-electron chi connectivity index (χ4n) is 2.04. The van der Waals surface area contributed by atoms with Crippen molar-refractivity contribution in [3.8, 4) is 0 Å². The van der Waals surface area contributed by atoms with Crippen molar-refractivity contribution in [2.24, 2.45) is 17.8 Å². The molecule has 0 aromatic rings. The zero-order chi connectivity index (χ0) is 7.68. The van der Waals surface area contributed by atoms with Gasteiger partial charge in [0, 0.05) is 5.92 Å². The lowest BCUT2D eigenvalue weighted by atomic mass is 9.99. The molecule has 62 valence electrons. The van der Waals surface area contributed by atoms with Crippen LogP contribution in [0, 0.1) is 17.8 Å². The molecule has 1 saturated carbocycles. The Morgan fingerprint density at radius 3 is 2.91 bits per heavy atom. The normalized spacial score (nSPS) is 43.5. The fraction of sp³-hybridized carbons (Fsp3) is 0.889. The van der Waals surface area contributed by atoms with Crippen LogP contribution in [0.5, 0.6) is 0 Å². The van der Waals surface area contributed by atoms with Crippen LogP contribution in [0.25, 0.3) is 0 Å². The van der Waals surface area contributed by atoms with Crippen LogP contribution < -0.4 is 0 Å². The van der Waals surface area contributed by atoms with Crippen molar-refractivity contribution in [1.29, 1.82) is 0 Å². The number of hydrogen-bond acceptors (Lipinski definition) is 2. The quantitative estimate of drug-likeness (QED) is 0.589. The van der Waals surface area contributed by atoms with E-state index in [1.54, 1.807) is 0 Å². The minimum absolute atomic E-state index is 0.443. The van der Waals surface area contributed by atoms with Gasteiger partial charge in [-0.3, -0.25) is 0 Å². The summed E-state index contributed by atoms with van der Waals surface area (Å²) in [5, 5.41) is 0. The van der Waals surface area contributed by atoms with E-state index in [9.17, 15) is 4.79 Å². The lowest BCUT2D eigenvalue weighted by Gasteiger charge is -2.20. The Morgan fingerprint density at radius 1 is 1.45 bits per heavy atom. The van der Waals surface area contributed by atoms with Crippen LogP contribution in [-0.2, 0) is 4.79 Å². The van der Waals surface area contributed by atoms with Gasteiger partial charge in [-0.15, -0.1) is 0 Å². The first-order valence-electron chi connectivity index (χ1n) is 4.45. The van der Waals surface area contributed by atoms with Gasteiger partial charge in [-0.2, -0.15) is 11.8 Å². The third-order valence-electron chi connectivity index (χ3n) is 2.87. The first-order chi connectivity index (χ1) is 5.42. The number of aldehydes is 1. The smallest absolute Gasteiger partial charge is 0.123 e. The molecule has 0 unspecified atom stereocenters. The first kappa shape index (κ1) is 7.66. The summed E-state index contributed by atoms with van der Waals surface area (Å²) < 4.78 is 0. The number of carbonyl (C=O) groups excluding carboxylic acids is 1. The van der Waals surface area contributed by atoms with E-state index in [0.717, 1.165) is 18.1 Å². The Balaban J connectivity index is 1.81. The standard InChI is InChI=1S/C9H14OS/c10-5-8-4-9(8)7-2-1-3-11-6-7/h5,7-9H,1-4,6H2/t7-,8-,9-/m0/s1. The topological polar surface area (TPSA) is 17.1 Å². The summed E-state index contributed by atoms with van der Waals surface area (Å²) in [6, 6.07) is 0. The molecule has 0 bridgehead atoms. The molecule has 1 nitrogen and oxygen atoms in total. The molecule has 2 heteroatoms. The third kappa shape index (κ3) is 1.61. The van der Waals surface area contributed by atoms with Gasteiger partial charge in [-0.1, -0.05) is 0 Å². The van der Waals surface area contributed by atoms with Crippen LogP contribution in [0.15, 0.2) is 0 Å². The van der Waals surface area contributed by atoms with E-state index in [1.807, 2.05) is 0 Å². The van der Waals surface area contributed by atoms with Crippen LogP contribution in [0.2, 0.25) is 0 Å². The summed E-state index contributed by atoms with van der Waals surface area (Å²) in [5.41, 5.74) is 0. The highest BCUT2D eigenvalue weighted by atomic mass is 32.2. The highest BCUT2D eigenvalue weighted by Crippen LogP contribution is 2.47. The van der Waals surface area contributed by atoms with E-state index in [2.05, 4.69) is 11.8 Å². The van der Waals surface area contributed by atoms with Gasteiger partial charge in [-0.25, -0.2) is 0 Å². The Labute approximate surface area is 71.9 Å². The van der Waals surface area contributed by atoms with Gasteiger partial charge >= 0.3 is 0 Å². The molecule has 1 aliphatic carbocycles. The van der Waals surface area contributed by atoms with E-state index in [4.69, 9.17) is 0 Å². The van der Waals surface area contributed by atoms with Crippen LogP contribution in [0.1, 0.15) is 19.3 Å². The Hall–Kier alpha value is 0.0200. The minimum atomic E-state index is 0.443. The SMILES string of the molecule is O=C[C@@H]1C[C@H]1[C@H]1CCCSC1. The maximum Gasteiger partial charge on any atom is 0.123 e. The predicted octanol–water partition coefficient (Wildman–Crippen LogP) is 1.96. The average Bonchev–Trinajstić information content (AvgIpc) is 2.85. The van der Waals surface area contributed by atoms with Crippen molar-refractivity contribution >= 4 is 18.0 Å². The van der Waals surface area contributed by atoms with Gasteiger partial charge in [0.15, 0.2) is 0 Å². The molecule has 0 aromatic carbocycles. The maximum absolute atomic E-state index is 10.4. The molecule has 2 rings (SSSR count). The second-order valence-corrected chi connectivity index (χ2v) is 4.83. The number of carbonyl (C=O) groups is 1. The molecule has 2 fully saturated rings. The van der Waals surface area contributed by atoms with E-state index < -0.39 is 0 Å². The average molecular weight is 170 g/mol. The van der Waals surface area contributed by atoms with Gasteiger partial charge in [-0.05, 0) is 42.6 Å². The minimum Gasteiger partial charge on any atom is -0.303 e. The molecule has 1 heterocycles. The number of rotatable bonds is 2. The molecule has 1 aliphatic heterocycles. The maximum atomic E-state index is 10.4. The van der Waals surface area contributed by atoms with Crippen LogP contribution >= 0.6 is 11.8 Å². The molecule has 0 amide bonds. The van der Waals surface area contributed by atoms with E-state index in [1.165, 1.54) is 30.8 Å². The molecule has 0 radical (unpaired) electrons. The summed E-state index contributed by atoms with van der Waals surface area (Å²) in [6.45, 7) is 0. The summed E-state index contributed by atoms with van der Waals surface area (Å²) in [7, 11) is 0. The largest absolute Gasteiger partial charge is 0.303 e. The van der Waals surface area contributed by atoms with Gasteiger partial charge in [0.2, 0.25) is 0 Å². The van der Waals surface area contributed by atoms with Crippen molar-refractivity contribution in [3.63, 3.8) is 0 Å². The van der Waals surface area contributed by atoms with Crippen molar-refractivity contribution < 1.29 is 4.79 Å². The lowest BCUT2D eigenvalue weighted by molar-refractivity contribution is -0.109.